The summed E-state index contributed by atoms with van der Waals surface area (Å²) in [5, 5.41) is 24.9. The van der Waals surface area contributed by atoms with Crippen molar-refractivity contribution in [2.45, 2.75) is 11.8 Å². The van der Waals surface area contributed by atoms with Crippen molar-refractivity contribution in [3.63, 3.8) is 0 Å². The molecule has 1 heterocycles. The zero-order valence-electron chi connectivity index (χ0n) is 14.7. The zero-order chi connectivity index (χ0) is 20.0. The topological polar surface area (TPSA) is 160 Å². The highest BCUT2D eigenvalue weighted by Gasteiger charge is 2.23. The van der Waals surface area contributed by atoms with Crippen molar-refractivity contribution in [3.05, 3.63) is 29.7 Å². The number of tetrazole rings is 1. The van der Waals surface area contributed by atoms with E-state index in [1.165, 1.54) is 39.5 Å². The molecule has 2 rings (SSSR count). The van der Waals surface area contributed by atoms with Gasteiger partial charge in [0.05, 0.1) is 30.6 Å². The van der Waals surface area contributed by atoms with Gasteiger partial charge in [-0.3, -0.25) is 0 Å². The maximum atomic E-state index is 12.5. The number of nitrogens with zero attached hydrogens (tertiary/aromatic N) is 4. The van der Waals surface area contributed by atoms with Crippen LogP contribution >= 0.6 is 0 Å². The molecule has 0 bridgehead atoms. The van der Waals surface area contributed by atoms with Gasteiger partial charge in [0, 0.05) is 12.3 Å². The summed E-state index contributed by atoms with van der Waals surface area (Å²) in [7, 11) is -1.21. The highest BCUT2D eigenvalue weighted by Crippen LogP contribution is 2.32. The molecule has 0 spiro atoms. The number of aromatic nitrogens is 4. The van der Waals surface area contributed by atoms with E-state index in [9.17, 15) is 18.5 Å². The van der Waals surface area contributed by atoms with Gasteiger partial charge < -0.3 is 14.8 Å². The first kappa shape index (κ1) is 19.9. The van der Waals surface area contributed by atoms with Gasteiger partial charge in [0.25, 0.3) is 0 Å². The molecule has 0 saturated carbocycles. The maximum absolute atomic E-state index is 12.5. The van der Waals surface area contributed by atoms with Gasteiger partial charge >= 0.3 is 5.97 Å². The lowest BCUT2D eigenvalue weighted by molar-refractivity contribution is 0.0597. The van der Waals surface area contributed by atoms with E-state index in [2.05, 4.69) is 30.7 Å². The number of carbonyl (C=O) groups is 1. The Morgan fingerprint density at radius 2 is 2.15 bits per heavy atom. The molecule has 0 fully saturated rings. The number of ether oxygens (including phenoxy) is 2. The van der Waals surface area contributed by atoms with Crippen LogP contribution in [0.5, 0.6) is 5.75 Å². The lowest BCUT2D eigenvalue weighted by Crippen LogP contribution is -2.11. The molecule has 12 heteroatoms. The second-order valence-corrected chi connectivity index (χ2v) is 7.24. The Balaban J connectivity index is 2.60. The maximum Gasteiger partial charge on any atom is 0.341 e. The number of hydrogen-bond donors (Lipinski definition) is 2. The van der Waals surface area contributed by atoms with Crippen LogP contribution < -0.4 is 10.1 Å². The van der Waals surface area contributed by atoms with Crippen LogP contribution in [0.25, 0.3) is 5.57 Å². The van der Waals surface area contributed by atoms with Gasteiger partial charge in [-0.05, 0) is 11.3 Å². The average Bonchev–Trinajstić information content (AvgIpc) is 3.21. The summed E-state index contributed by atoms with van der Waals surface area (Å²) >= 11 is 0. The molecule has 0 radical (unpaired) electrons. The van der Waals surface area contributed by atoms with Crippen LogP contribution in [0.3, 0.4) is 0 Å². The minimum Gasteiger partial charge on any atom is -0.496 e. The second kappa shape index (κ2) is 8.28. The number of nitriles is 1. The molecule has 0 saturated heterocycles. The minimum atomic E-state index is -3.71. The molecule has 0 unspecified atom stereocenters. The van der Waals surface area contributed by atoms with Gasteiger partial charge in [0.15, 0.2) is 9.84 Å². The first-order chi connectivity index (χ1) is 12.9. The molecule has 1 aromatic heterocycles. The van der Waals surface area contributed by atoms with E-state index in [0.29, 0.717) is 0 Å². The van der Waals surface area contributed by atoms with Gasteiger partial charge in [-0.15, -0.1) is 10.2 Å². The van der Waals surface area contributed by atoms with Gasteiger partial charge in [-0.1, -0.05) is 6.92 Å². The highest BCUT2D eigenvalue weighted by atomic mass is 32.2. The average molecular weight is 392 g/mol. The number of anilines is 1. The van der Waals surface area contributed by atoms with Gasteiger partial charge in [-0.2, -0.15) is 10.5 Å². The molecule has 2 aromatic rings. The Hall–Kier alpha value is -3.46. The van der Waals surface area contributed by atoms with E-state index in [-0.39, 0.29) is 39.0 Å². The fraction of sp³-hybridized carbons (Fsp3) is 0.267. The Morgan fingerprint density at radius 3 is 2.67 bits per heavy atom. The number of methoxy groups -OCH3 is 2. The van der Waals surface area contributed by atoms with Gasteiger partial charge in [0.1, 0.15) is 23.0 Å². The number of sulfone groups is 1. The van der Waals surface area contributed by atoms with Crippen LogP contribution in [0.15, 0.2) is 23.2 Å². The highest BCUT2D eigenvalue weighted by molar-refractivity contribution is 7.91. The number of esters is 1. The fourth-order valence-electron chi connectivity index (χ4n) is 2.10. The molecule has 0 amide bonds. The summed E-state index contributed by atoms with van der Waals surface area (Å²) in [5.41, 5.74) is 0.0810. The molecular weight excluding hydrogens is 376 g/mol. The van der Waals surface area contributed by atoms with E-state index in [1.807, 2.05) is 6.07 Å². The van der Waals surface area contributed by atoms with Crippen LogP contribution in [0.1, 0.15) is 23.1 Å². The third-order valence-corrected chi connectivity index (χ3v) is 5.27. The number of hydrogen-bond acceptors (Lipinski definition) is 10. The minimum absolute atomic E-state index is 0.0135. The summed E-state index contributed by atoms with van der Waals surface area (Å²) < 4.78 is 34.8. The predicted octanol–water partition coefficient (Wildman–Crippen LogP) is 0.765. The number of H-pyrrole nitrogens is 1. The molecule has 0 atom stereocenters. The Bertz CT molecular complexity index is 1010. The number of aromatic amines is 1. The predicted molar refractivity (Wildman–Crippen MR) is 93.5 cm³/mol. The lowest BCUT2D eigenvalue weighted by Gasteiger charge is -2.14. The number of benzene rings is 1. The third-order valence-electron chi connectivity index (χ3n) is 3.50. The first-order valence-corrected chi connectivity index (χ1v) is 9.16. The van der Waals surface area contributed by atoms with E-state index < -0.39 is 15.8 Å². The van der Waals surface area contributed by atoms with Crippen LogP contribution in [0, 0.1) is 11.3 Å². The molecule has 0 aliphatic heterocycles. The summed E-state index contributed by atoms with van der Waals surface area (Å²) in [5.74, 6) is -0.811. The van der Waals surface area contributed by atoms with Crippen LogP contribution in [-0.2, 0) is 14.6 Å². The van der Waals surface area contributed by atoms with Crippen molar-refractivity contribution in [1.82, 2.24) is 20.6 Å². The van der Waals surface area contributed by atoms with Crippen molar-refractivity contribution >= 4 is 27.1 Å². The summed E-state index contributed by atoms with van der Waals surface area (Å²) in [6.07, 6.45) is 1.23. The van der Waals surface area contributed by atoms with E-state index >= 15 is 0 Å². The van der Waals surface area contributed by atoms with Crippen LogP contribution in [-0.4, -0.2) is 55.0 Å². The Morgan fingerprint density at radius 1 is 1.41 bits per heavy atom. The second-order valence-electron chi connectivity index (χ2n) is 4.99. The van der Waals surface area contributed by atoms with Crippen LogP contribution in [0.2, 0.25) is 0 Å². The fourth-order valence-corrected chi connectivity index (χ4v) is 3.16. The van der Waals surface area contributed by atoms with Crippen molar-refractivity contribution in [3.8, 4) is 11.8 Å². The molecule has 27 heavy (non-hydrogen) atoms. The van der Waals surface area contributed by atoms with Gasteiger partial charge in [0.2, 0.25) is 5.82 Å². The summed E-state index contributed by atoms with van der Waals surface area (Å²) in [4.78, 5) is 11.8. The molecule has 142 valence electrons. The van der Waals surface area contributed by atoms with E-state index in [1.54, 1.807) is 0 Å². The smallest absolute Gasteiger partial charge is 0.341 e. The first-order valence-electron chi connectivity index (χ1n) is 7.51. The number of nitrogens with one attached hydrogen (secondary N) is 2. The largest absolute Gasteiger partial charge is 0.496 e. The monoisotopic (exact) mass is 392 g/mol. The molecule has 2 N–H and O–H groups in total. The number of carbonyl (C=O) groups excluding carboxylic acids is 1. The molecule has 1 aromatic carbocycles. The molecule has 11 nitrogen and oxygen atoms in total. The normalized spacial score (nSPS) is 11.6. The molecule has 0 aliphatic rings. The Kier molecular flexibility index (Phi) is 6.09. The number of rotatable bonds is 7. The van der Waals surface area contributed by atoms with Crippen molar-refractivity contribution < 1.29 is 22.7 Å². The standard InChI is InChI=1S/C15H16N6O5S/c1-4-27(23,24)13-5-10(15(22)26-3)12(25-2)6-11(13)17-8-9(7-16)14-18-20-21-19-14/h5-6,8,17H,4H2,1-3H3,(H,18,19,20,21). The van der Waals surface area contributed by atoms with E-state index in [4.69, 9.17) is 4.74 Å². The summed E-state index contributed by atoms with van der Waals surface area (Å²) in [6, 6.07) is 4.37. The van der Waals surface area contributed by atoms with E-state index in [0.717, 1.165) is 0 Å². The van der Waals surface area contributed by atoms with Crippen molar-refractivity contribution in [2.24, 2.45) is 0 Å². The van der Waals surface area contributed by atoms with Crippen molar-refractivity contribution in [2.75, 3.05) is 25.3 Å². The molecular formula is C15H16N6O5S. The molecule has 0 aliphatic carbocycles. The number of allylic oxidation sites excluding steroid dienone is 1. The summed E-state index contributed by atoms with van der Waals surface area (Å²) in [6.45, 7) is 1.47. The Labute approximate surface area is 154 Å². The lowest BCUT2D eigenvalue weighted by atomic mass is 10.1. The quantitative estimate of drug-likeness (QED) is 0.508. The van der Waals surface area contributed by atoms with Gasteiger partial charge in [-0.25, -0.2) is 13.2 Å². The zero-order valence-corrected chi connectivity index (χ0v) is 15.5. The van der Waals surface area contributed by atoms with Crippen LogP contribution in [0.4, 0.5) is 5.69 Å². The van der Waals surface area contributed by atoms with Crippen molar-refractivity contribution in [1.29, 1.82) is 5.26 Å². The SMILES string of the molecule is CCS(=O)(=O)c1cc(C(=O)OC)c(OC)cc1NC=C(C#N)c1nn[nH]n1. The third kappa shape index (κ3) is 4.21.